The molecule has 0 bridgehead atoms. The summed E-state index contributed by atoms with van der Waals surface area (Å²) in [5.74, 6) is 0. The zero-order chi connectivity index (χ0) is 12.0. The highest BCUT2D eigenvalue weighted by atomic mass is 16.3. The molecule has 2 heteroatoms. The highest BCUT2D eigenvalue weighted by molar-refractivity contribution is 5.40. The van der Waals surface area contributed by atoms with Crippen LogP contribution in [0, 0.1) is 0 Å². The van der Waals surface area contributed by atoms with Crippen molar-refractivity contribution in [1.29, 1.82) is 0 Å². The Labute approximate surface area is 98.7 Å². The van der Waals surface area contributed by atoms with Crippen molar-refractivity contribution < 1.29 is 10.2 Å². The summed E-state index contributed by atoms with van der Waals surface area (Å²) in [7, 11) is 0. The van der Waals surface area contributed by atoms with Crippen LogP contribution in [0.3, 0.4) is 0 Å². The molecule has 0 atom stereocenters. The van der Waals surface area contributed by atoms with E-state index in [1.807, 2.05) is 0 Å². The van der Waals surface area contributed by atoms with E-state index in [4.69, 9.17) is 0 Å². The maximum atomic E-state index is 9.38. The molecule has 0 heterocycles. The molecule has 0 unspecified atom stereocenters. The van der Waals surface area contributed by atoms with Gasteiger partial charge in [0.05, 0.1) is 13.2 Å². The van der Waals surface area contributed by atoms with Gasteiger partial charge in [0.1, 0.15) is 0 Å². The molecule has 0 amide bonds. The van der Waals surface area contributed by atoms with Crippen molar-refractivity contribution in [2.24, 2.45) is 0 Å². The van der Waals surface area contributed by atoms with Gasteiger partial charge in [-0.15, -0.1) is 0 Å². The lowest BCUT2D eigenvalue weighted by atomic mass is 9.82. The Bertz CT molecular complexity index is 245. The second kappa shape index (κ2) is 6.87. The average molecular weight is 224 g/mol. The van der Waals surface area contributed by atoms with Crippen LogP contribution < -0.4 is 0 Å². The number of allylic oxidation sites excluding steroid dienone is 2. The van der Waals surface area contributed by atoms with E-state index in [2.05, 4.69) is 13.8 Å². The minimum atomic E-state index is 0.164. The van der Waals surface area contributed by atoms with Gasteiger partial charge in [-0.3, -0.25) is 0 Å². The highest BCUT2D eigenvalue weighted by Gasteiger charge is 2.17. The van der Waals surface area contributed by atoms with E-state index < -0.39 is 0 Å². The average Bonchev–Trinajstić information content (AvgIpc) is 2.34. The molecule has 0 aliphatic heterocycles. The third-order valence-corrected chi connectivity index (χ3v) is 3.56. The standard InChI is InChI=1S/C14H24O2/c1-3-11(9-15)13-7-5-6-8-14(13)12(4-2)10-16/h15-16H,3-10H2,1-2H3/b13-11-,14-12-. The van der Waals surface area contributed by atoms with Crippen LogP contribution >= 0.6 is 0 Å². The summed E-state index contributed by atoms with van der Waals surface area (Å²) in [6.07, 6.45) is 6.40. The van der Waals surface area contributed by atoms with Crippen LogP contribution in [0.4, 0.5) is 0 Å². The smallest absolute Gasteiger partial charge is 0.0647 e. The van der Waals surface area contributed by atoms with Gasteiger partial charge in [0.15, 0.2) is 0 Å². The zero-order valence-corrected chi connectivity index (χ0v) is 10.6. The lowest BCUT2D eigenvalue weighted by molar-refractivity contribution is 0.321. The normalized spacial score (nSPS) is 23.2. The lowest BCUT2D eigenvalue weighted by Gasteiger charge is -2.24. The molecule has 1 aliphatic carbocycles. The third-order valence-electron chi connectivity index (χ3n) is 3.56. The predicted molar refractivity (Wildman–Crippen MR) is 67.3 cm³/mol. The van der Waals surface area contributed by atoms with E-state index in [9.17, 15) is 10.2 Å². The molecule has 0 radical (unpaired) electrons. The third kappa shape index (κ3) is 2.96. The van der Waals surface area contributed by atoms with Crippen LogP contribution in [0.2, 0.25) is 0 Å². The minimum absolute atomic E-state index is 0.164. The van der Waals surface area contributed by atoms with Gasteiger partial charge in [-0.1, -0.05) is 13.8 Å². The SMILES string of the molecule is CC/C(CO)=C1\CCCC\C1=C(/CC)CO. The van der Waals surface area contributed by atoms with Crippen LogP contribution in [0.25, 0.3) is 0 Å². The summed E-state index contributed by atoms with van der Waals surface area (Å²) < 4.78 is 0. The Morgan fingerprint density at radius 1 is 0.875 bits per heavy atom. The zero-order valence-electron chi connectivity index (χ0n) is 10.6. The molecule has 0 saturated heterocycles. The van der Waals surface area contributed by atoms with Crippen molar-refractivity contribution in [2.75, 3.05) is 13.2 Å². The van der Waals surface area contributed by atoms with E-state index in [1.165, 1.54) is 24.0 Å². The van der Waals surface area contributed by atoms with Crippen molar-refractivity contribution in [2.45, 2.75) is 52.4 Å². The first-order valence-electron chi connectivity index (χ1n) is 6.42. The Balaban J connectivity index is 3.12. The number of aliphatic hydroxyl groups is 2. The fourth-order valence-electron chi connectivity index (χ4n) is 2.53. The molecular weight excluding hydrogens is 200 g/mol. The minimum Gasteiger partial charge on any atom is -0.392 e. The van der Waals surface area contributed by atoms with Crippen molar-refractivity contribution >= 4 is 0 Å². The van der Waals surface area contributed by atoms with Crippen molar-refractivity contribution in [1.82, 2.24) is 0 Å². The Kier molecular flexibility index (Phi) is 5.78. The Morgan fingerprint density at radius 2 is 1.25 bits per heavy atom. The van der Waals surface area contributed by atoms with Crippen LogP contribution in [0.5, 0.6) is 0 Å². The second-order valence-electron chi connectivity index (χ2n) is 4.39. The Morgan fingerprint density at radius 3 is 1.50 bits per heavy atom. The van der Waals surface area contributed by atoms with Gasteiger partial charge in [-0.25, -0.2) is 0 Å². The topological polar surface area (TPSA) is 40.5 Å². The monoisotopic (exact) mass is 224 g/mol. The predicted octanol–water partition coefficient (Wildman–Crippen LogP) is 2.96. The molecule has 1 saturated carbocycles. The number of aliphatic hydroxyl groups excluding tert-OH is 2. The Hall–Kier alpha value is -0.600. The van der Waals surface area contributed by atoms with Crippen LogP contribution in [-0.2, 0) is 0 Å². The van der Waals surface area contributed by atoms with Gasteiger partial charge in [-0.2, -0.15) is 0 Å². The summed E-state index contributed by atoms with van der Waals surface area (Å²) in [6.45, 7) is 4.51. The van der Waals surface area contributed by atoms with Gasteiger partial charge in [0.25, 0.3) is 0 Å². The molecule has 2 N–H and O–H groups in total. The molecule has 1 aliphatic rings. The molecule has 1 rings (SSSR count). The molecule has 16 heavy (non-hydrogen) atoms. The first kappa shape index (κ1) is 13.5. The molecular formula is C14H24O2. The lowest BCUT2D eigenvalue weighted by Crippen LogP contribution is -2.09. The van der Waals surface area contributed by atoms with Gasteiger partial charge in [0, 0.05) is 0 Å². The highest BCUT2D eigenvalue weighted by Crippen LogP contribution is 2.34. The van der Waals surface area contributed by atoms with E-state index in [1.54, 1.807) is 0 Å². The summed E-state index contributed by atoms with van der Waals surface area (Å²) in [5.41, 5.74) is 4.99. The van der Waals surface area contributed by atoms with Crippen LogP contribution in [0.1, 0.15) is 52.4 Å². The molecule has 0 aromatic carbocycles. The molecule has 92 valence electrons. The molecule has 0 aromatic rings. The first-order valence-corrected chi connectivity index (χ1v) is 6.42. The molecule has 2 nitrogen and oxygen atoms in total. The van der Waals surface area contributed by atoms with Crippen LogP contribution in [0.15, 0.2) is 22.3 Å². The maximum absolute atomic E-state index is 9.38. The summed E-state index contributed by atoms with van der Waals surface area (Å²) in [6, 6.07) is 0. The van der Waals surface area contributed by atoms with E-state index >= 15 is 0 Å². The number of rotatable bonds is 4. The van der Waals surface area contributed by atoms with Gasteiger partial charge in [-0.05, 0) is 60.8 Å². The van der Waals surface area contributed by atoms with Gasteiger partial charge in [0.2, 0.25) is 0 Å². The maximum Gasteiger partial charge on any atom is 0.0647 e. The molecule has 0 aromatic heterocycles. The summed E-state index contributed by atoms with van der Waals surface area (Å²) >= 11 is 0. The fourth-order valence-corrected chi connectivity index (χ4v) is 2.53. The van der Waals surface area contributed by atoms with Gasteiger partial charge >= 0.3 is 0 Å². The van der Waals surface area contributed by atoms with E-state index in [0.29, 0.717) is 0 Å². The number of hydrogen-bond donors (Lipinski definition) is 2. The molecule has 1 fully saturated rings. The first-order chi connectivity index (χ1) is 7.78. The summed E-state index contributed by atoms with van der Waals surface area (Å²) in [5, 5.41) is 18.8. The van der Waals surface area contributed by atoms with E-state index in [-0.39, 0.29) is 13.2 Å². The number of hydrogen-bond acceptors (Lipinski definition) is 2. The largest absolute Gasteiger partial charge is 0.392 e. The van der Waals surface area contributed by atoms with Crippen LogP contribution in [-0.4, -0.2) is 23.4 Å². The van der Waals surface area contributed by atoms with Gasteiger partial charge < -0.3 is 10.2 Å². The molecule has 0 spiro atoms. The van der Waals surface area contributed by atoms with E-state index in [0.717, 1.165) is 36.8 Å². The second-order valence-corrected chi connectivity index (χ2v) is 4.39. The van der Waals surface area contributed by atoms with Crippen molar-refractivity contribution in [3.05, 3.63) is 22.3 Å². The summed E-state index contributed by atoms with van der Waals surface area (Å²) in [4.78, 5) is 0. The quantitative estimate of drug-likeness (QED) is 0.770. The van der Waals surface area contributed by atoms with Crippen molar-refractivity contribution in [3.8, 4) is 0 Å². The fraction of sp³-hybridized carbons (Fsp3) is 0.714. The van der Waals surface area contributed by atoms with Crippen molar-refractivity contribution in [3.63, 3.8) is 0 Å².